The Kier molecular flexibility index (Phi) is 5.45. The molecule has 0 spiro atoms. The van der Waals surface area contributed by atoms with Crippen LogP contribution in [0.2, 0.25) is 0 Å². The lowest BCUT2D eigenvalue weighted by Gasteiger charge is -2.38. The molecule has 4 unspecified atom stereocenters. The van der Waals surface area contributed by atoms with E-state index >= 15 is 0 Å². The first-order valence-corrected chi connectivity index (χ1v) is 9.37. The summed E-state index contributed by atoms with van der Waals surface area (Å²) in [6, 6.07) is 0.0515. The molecule has 20 heavy (non-hydrogen) atoms. The summed E-state index contributed by atoms with van der Waals surface area (Å²) < 4.78 is 29.8. The van der Waals surface area contributed by atoms with E-state index in [1.165, 1.54) is 0 Å². The summed E-state index contributed by atoms with van der Waals surface area (Å²) in [5.41, 5.74) is 5.74. The summed E-state index contributed by atoms with van der Waals surface area (Å²) in [6.45, 7) is 5.42. The average Bonchev–Trinajstić information content (AvgIpc) is 2.42. The number of nitrogens with two attached hydrogens (primary N) is 1. The van der Waals surface area contributed by atoms with Gasteiger partial charge >= 0.3 is 0 Å². The number of hydrogen-bond acceptors (Lipinski definition) is 3. The molecular formula is C14H29N3O2S. The number of nitrogens with one attached hydrogen (secondary N) is 1. The molecule has 1 aliphatic heterocycles. The third-order valence-corrected chi connectivity index (χ3v) is 6.58. The molecule has 4 atom stereocenters. The maximum atomic E-state index is 12.6. The van der Waals surface area contributed by atoms with Gasteiger partial charge in [-0.15, -0.1) is 0 Å². The minimum Gasteiger partial charge on any atom is -0.329 e. The molecule has 0 aromatic carbocycles. The fraction of sp³-hybridized carbons (Fsp3) is 1.00. The van der Waals surface area contributed by atoms with E-state index < -0.39 is 10.2 Å². The number of piperidine rings is 1. The van der Waals surface area contributed by atoms with Crippen molar-refractivity contribution in [3.05, 3.63) is 0 Å². The van der Waals surface area contributed by atoms with Crippen molar-refractivity contribution < 1.29 is 8.42 Å². The third-order valence-electron chi connectivity index (χ3n) is 4.89. The van der Waals surface area contributed by atoms with Gasteiger partial charge in [-0.2, -0.15) is 17.4 Å². The second-order valence-corrected chi connectivity index (χ2v) is 8.28. The number of nitrogens with zero attached hydrogens (tertiary/aromatic N) is 1. The Bertz CT molecular complexity index is 413. The Balaban J connectivity index is 2.02. The molecule has 1 aliphatic carbocycles. The monoisotopic (exact) mass is 303 g/mol. The molecule has 118 valence electrons. The van der Waals surface area contributed by atoms with Crippen molar-refractivity contribution in [1.82, 2.24) is 9.03 Å². The van der Waals surface area contributed by atoms with Gasteiger partial charge in [-0.05, 0) is 43.9 Å². The van der Waals surface area contributed by atoms with Crippen molar-refractivity contribution in [1.29, 1.82) is 0 Å². The third kappa shape index (κ3) is 3.72. The number of hydrogen-bond donors (Lipinski definition) is 2. The molecule has 5 nitrogen and oxygen atoms in total. The molecule has 2 fully saturated rings. The van der Waals surface area contributed by atoms with Crippen LogP contribution in [0.25, 0.3) is 0 Å². The van der Waals surface area contributed by atoms with Crippen molar-refractivity contribution in [2.24, 2.45) is 17.6 Å². The van der Waals surface area contributed by atoms with E-state index in [0.29, 0.717) is 24.9 Å². The zero-order valence-corrected chi connectivity index (χ0v) is 13.5. The van der Waals surface area contributed by atoms with Crippen molar-refractivity contribution in [2.45, 2.75) is 64.5 Å². The van der Waals surface area contributed by atoms with Crippen LogP contribution >= 0.6 is 0 Å². The Morgan fingerprint density at radius 1 is 1.20 bits per heavy atom. The lowest BCUT2D eigenvalue weighted by Crippen LogP contribution is -2.55. The van der Waals surface area contributed by atoms with E-state index in [9.17, 15) is 8.42 Å². The molecule has 1 heterocycles. The minimum absolute atomic E-state index is 0.0286. The Hall–Kier alpha value is -0.170. The Morgan fingerprint density at radius 3 is 2.60 bits per heavy atom. The second kappa shape index (κ2) is 6.73. The van der Waals surface area contributed by atoms with E-state index in [4.69, 9.17) is 5.73 Å². The van der Waals surface area contributed by atoms with Gasteiger partial charge in [0.25, 0.3) is 10.2 Å². The van der Waals surface area contributed by atoms with E-state index in [0.717, 1.165) is 38.5 Å². The Morgan fingerprint density at radius 2 is 1.95 bits per heavy atom. The van der Waals surface area contributed by atoms with Gasteiger partial charge in [-0.3, -0.25) is 0 Å². The molecule has 1 saturated heterocycles. The van der Waals surface area contributed by atoms with Crippen LogP contribution < -0.4 is 10.5 Å². The van der Waals surface area contributed by atoms with Gasteiger partial charge in [0.15, 0.2) is 0 Å². The van der Waals surface area contributed by atoms with Crippen molar-refractivity contribution in [3.63, 3.8) is 0 Å². The first-order chi connectivity index (χ1) is 9.44. The zero-order valence-electron chi connectivity index (χ0n) is 12.7. The summed E-state index contributed by atoms with van der Waals surface area (Å²) in [5, 5.41) is 0. The Labute approximate surface area is 123 Å². The highest BCUT2D eigenvalue weighted by atomic mass is 32.2. The summed E-state index contributed by atoms with van der Waals surface area (Å²) in [6.07, 6.45) is 6.06. The SMILES string of the molecule is CC1CCC(NS(=O)(=O)N2CCCCC2CN)C(C)C1. The molecule has 0 aromatic rings. The fourth-order valence-corrected chi connectivity index (χ4v) is 5.45. The van der Waals surface area contributed by atoms with Crippen LogP contribution in [0.15, 0.2) is 0 Å². The molecule has 2 aliphatic rings. The molecular weight excluding hydrogens is 274 g/mol. The summed E-state index contributed by atoms with van der Waals surface area (Å²) >= 11 is 0. The first kappa shape index (κ1) is 16.2. The van der Waals surface area contributed by atoms with Gasteiger partial charge in [0, 0.05) is 25.2 Å². The molecule has 0 bridgehead atoms. The fourth-order valence-electron chi connectivity index (χ4n) is 3.63. The highest BCUT2D eigenvalue weighted by molar-refractivity contribution is 7.87. The normalized spacial score (nSPS) is 37.0. The van der Waals surface area contributed by atoms with E-state index in [1.807, 2.05) is 0 Å². The molecule has 2 rings (SSSR count). The van der Waals surface area contributed by atoms with Crippen molar-refractivity contribution in [2.75, 3.05) is 13.1 Å². The summed E-state index contributed by atoms with van der Waals surface area (Å²) in [5.74, 6) is 1.12. The van der Waals surface area contributed by atoms with Crippen LogP contribution in [-0.4, -0.2) is 37.9 Å². The van der Waals surface area contributed by atoms with Gasteiger partial charge in [0.05, 0.1) is 0 Å². The molecule has 3 N–H and O–H groups in total. The van der Waals surface area contributed by atoms with E-state index in [2.05, 4.69) is 18.6 Å². The number of rotatable bonds is 4. The van der Waals surface area contributed by atoms with Crippen LogP contribution in [0.3, 0.4) is 0 Å². The summed E-state index contributed by atoms with van der Waals surface area (Å²) in [7, 11) is -3.39. The molecule has 0 aromatic heterocycles. The largest absolute Gasteiger partial charge is 0.329 e. The van der Waals surface area contributed by atoms with Gasteiger partial charge in [-0.1, -0.05) is 20.3 Å². The van der Waals surface area contributed by atoms with E-state index in [1.54, 1.807) is 4.31 Å². The second-order valence-electron chi connectivity index (χ2n) is 6.62. The smallest absolute Gasteiger partial charge is 0.280 e. The molecule has 0 radical (unpaired) electrons. The van der Waals surface area contributed by atoms with E-state index in [-0.39, 0.29) is 12.1 Å². The van der Waals surface area contributed by atoms with Gasteiger partial charge in [-0.25, -0.2) is 0 Å². The van der Waals surface area contributed by atoms with Crippen LogP contribution in [0, 0.1) is 11.8 Å². The average molecular weight is 303 g/mol. The topological polar surface area (TPSA) is 75.4 Å². The van der Waals surface area contributed by atoms with Crippen molar-refractivity contribution >= 4 is 10.2 Å². The van der Waals surface area contributed by atoms with Crippen LogP contribution in [0.1, 0.15) is 52.4 Å². The van der Waals surface area contributed by atoms with Crippen LogP contribution in [0.4, 0.5) is 0 Å². The predicted octanol–water partition coefficient (Wildman–Crippen LogP) is 1.46. The summed E-state index contributed by atoms with van der Waals surface area (Å²) in [4.78, 5) is 0. The zero-order chi connectivity index (χ0) is 14.8. The highest BCUT2D eigenvalue weighted by Gasteiger charge is 2.35. The maximum Gasteiger partial charge on any atom is 0.280 e. The maximum absolute atomic E-state index is 12.6. The van der Waals surface area contributed by atoms with Crippen LogP contribution in [-0.2, 0) is 10.2 Å². The van der Waals surface area contributed by atoms with Crippen molar-refractivity contribution in [3.8, 4) is 0 Å². The molecule has 1 saturated carbocycles. The van der Waals surface area contributed by atoms with Gasteiger partial charge < -0.3 is 5.73 Å². The quantitative estimate of drug-likeness (QED) is 0.825. The molecule has 0 amide bonds. The lowest BCUT2D eigenvalue weighted by molar-refractivity contribution is 0.228. The molecule has 6 heteroatoms. The minimum atomic E-state index is -3.39. The standard InChI is InChI=1S/C14H29N3O2S/c1-11-6-7-14(12(2)9-11)16-20(18,19)17-8-4-3-5-13(17)10-15/h11-14,16H,3-10,15H2,1-2H3. The van der Waals surface area contributed by atoms with Gasteiger partial charge in [0.1, 0.15) is 0 Å². The lowest BCUT2D eigenvalue weighted by atomic mass is 9.80. The van der Waals surface area contributed by atoms with Crippen LogP contribution in [0.5, 0.6) is 0 Å². The van der Waals surface area contributed by atoms with Gasteiger partial charge in [0.2, 0.25) is 0 Å². The highest BCUT2D eigenvalue weighted by Crippen LogP contribution is 2.29. The first-order valence-electron chi connectivity index (χ1n) is 7.93. The predicted molar refractivity (Wildman–Crippen MR) is 81.4 cm³/mol.